The molecule has 17 heavy (non-hydrogen) atoms. The molecule has 0 amide bonds. The van der Waals surface area contributed by atoms with Gasteiger partial charge < -0.3 is 9.84 Å². The smallest absolute Gasteiger partial charge is 0.322 e. The van der Waals surface area contributed by atoms with E-state index in [1.54, 1.807) is 20.8 Å². The number of carboxylic acid groups (broad SMARTS) is 1. The maximum absolute atomic E-state index is 11.5. The molecule has 0 heterocycles. The highest BCUT2D eigenvalue weighted by atomic mass is 32.2. The fourth-order valence-corrected chi connectivity index (χ4v) is 2.30. The Kier molecular flexibility index (Phi) is 6.11. The quantitative estimate of drug-likeness (QED) is 0.606. The van der Waals surface area contributed by atoms with Gasteiger partial charge >= 0.3 is 11.9 Å². The zero-order valence-electron chi connectivity index (χ0n) is 9.97. The van der Waals surface area contributed by atoms with Crippen molar-refractivity contribution < 1.29 is 27.9 Å². The third-order valence-electron chi connectivity index (χ3n) is 1.85. The van der Waals surface area contributed by atoms with Crippen LogP contribution < -0.4 is 4.72 Å². The minimum atomic E-state index is -4.00. The molecule has 0 rings (SSSR count). The number of nitrogens with one attached hydrogen (secondary N) is 1. The van der Waals surface area contributed by atoms with Gasteiger partial charge in [-0.1, -0.05) is 13.8 Å². The Bertz CT molecular complexity index is 375. The van der Waals surface area contributed by atoms with Gasteiger partial charge in [0.2, 0.25) is 10.0 Å². The summed E-state index contributed by atoms with van der Waals surface area (Å²) >= 11 is 0. The van der Waals surface area contributed by atoms with Gasteiger partial charge in [0.15, 0.2) is 5.75 Å². The van der Waals surface area contributed by atoms with Gasteiger partial charge in [-0.05, 0) is 12.8 Å². The SMILES string of the molecule is CCOC(=O)CS(=O)(=O)N[C@@H](C(=O)O)C(C)C. The summed E-state index contributed by atoms with van der Waals surface area (Å²) in [4.78, 5) is 21.8. The van der Waals surface area contributed by atoms with Crippen molar-refractivity contribution in [3.8, 4) is 0 Å². The molecule has 0 saturated carbocycles. The van der Waals surface area contributed by atoms with Crippen molar-refractivity contribution in [2.75, 3.05) is 12.4 Å². The van der Waals surface area contributed by atoms with Crippen LogP contribution in [-0.2, 0) is 24.3 Å². The monoisotopic (exact) mass is 267 g/mol. The van der Waals surface area contributed by atoms with Crippen LogP contribution >= 0.6 is 0 Å². The summed E-state index contributed by atoms with van der Waals surface area (Å²) in [6, 6.07) is -1.26. The molecular weight excluding hydrogens is 250 g/mol. The molecule has 7 nitrogen and oxygen atoms in total. The third-order valence-corrected chi connectivity index (χ3v) is 3.08. The van der Waals surface area contributed by atoms with Gasteiger partial charge in [0.05, 0.1) is 6.61 Å². The van der Waals surface area contributed by atoms with Crippen molar-refractivity contribution in [2.24, 2.45) is 5.92 Å². The van der Waals surface area contributed by atoms with E-state index in [-0.39, 0.29) is 6.61 Å². The zero-order chi connectivity index (χ0) is 13.6. The first-order chi connectivity index (χ1) is 7.69. The van der Waals surface area contributed by atoms with Crippen LogP contribution in [0.25, 0.3) is 0 Å². The van der Waals surface area contributed by atoms with E-state index in [1.165, 1.54) is 0 Å². The molecule has 8 heteroatoms. The molecule has 2 N–H and O–H groups in total. The van der Waals surface area contributed by atoms with Crippen molar-refractivity contribution in [3.05, 3.63) is 0 Å². The molecule has 100 valence electrons. The number of aliphatic carboxylic acids is 1. The van der Waals surface area contributed by atoms with Crippen LogP contribution in [0.2, 0.25) is 0 Å². The van der Waals surface area contributed by atoms with E-state index in [0.717, 1.165) is 0 Å². The molecular formula is C9H17NO6S. The predicted molar refractivity (Wildman–Crippen MR) is 59.8 cm³/mol. The van der Waals surface area contributed by atoms with Crippen LogP contribution in [0.3, 0.4) is 0 Å². The molecule has 1 atom stereocenters. The standard InChI is InChI=1S/C9H17NO6S/c1-4-16-7(11)5-17(14,15)10-8(6(2)3)9(12)13/h6,8,10H,4-5H2,1-3H3,(H,12,13)/t8-/m1/s1. The van der Waals surface area contributed by atoms with Crippen LogP contribution in [-0.4, -0.2) is 43.9 Å². The van der Waals surface area contributed by atoms with E-state index in [1.807, 2.05) is 4.72 Å². The lowest BCUT2D eigenvalue weighted by molar-refractivity contribution is -0.141. The number of hydrogen-bond acceptors (Lipinski definition) is 5. The van der Waals surface area contributed by atoms with Gasteiger partial charge in [-0.3, -0.25) is 9.59 Å². The molecule has 0 aliphatic carbocycles. The maximum Gasteiger partial charge on any atom is 0.322 e. The average Bonchev–Trinajstić information content (AvgIpc) is 2.12. The number of rotatable bonds is 7. The third kappa shape index (κ3) is 6.22. The van der Waals surface area contributed by atoms with E-state index in [0.29, 0.717) is 0 Å². The summed E-state index contributed by atoms with van der Waals surface area (Å²) in [6.07, 6.45) is 0. The number of esters is 1. The summed E-state index contributed by atoms with van der Waals surface area (Å²) in [5.41, 5.74) is 0. The molecule has 0 aromatic rings. The Hall–Kier alpha value is -1.15. The van der Waals surface area contributed by atoms with Gasteiger partial charge in [-0.2, -0.15) is 0 Å². The first-order valence-electron chi connectivity index (χ1n) is 5.08. The normalized spacial score (nSPS) is 13.4. The minimum absolute atomic E-state index is 0.0703. The van der Waals surface area contributed by atoms with E-state index in [2.05, 4.69) is 4.74 Å². The molecule has 0 aliphatic heterocycles. The molecule has 0 aromatic heterocycles. The second-order valence-electron chi connectivity index (χ2n) is 3.74. The summed E-state index contributed by atoms with van der Waals surface area (Å²) in [5, 5.41) is 8.80. The highest BCUT2D eigenvalue weighted by Gasteiger charge is 2.28. The first-order valence-corrected chi connectivity index (χ1v) is 6.73. The van der Waals surface area contributed by atoms with Crippen LogP contribution in [0.5, 0.6) is 0 Å². The van der Waals surface area contributed by atoms with E-state index in [9.17, 15) is 18.0 Å². The zero-order valence-corrected chi connectivity index (χ0v) is 10.8. The number of ether oxygens (including phenoxy) is 1. The minimum Gasteiger partial charge on any atom is -0.480 e. The van der Waals surface area contributed by atoms with Crippen molar-refractivity contribution in [2.45, 2.75) is 26.8 Å². The Morgan fingerprint density at radius 2 is 1.88 bits per heavy atom. The van der Waals surface area contributed by atoms with Crippen molar-refractivity contribution in [3.63, 3.8) is 0 Å². The molecule has 0 unspecified atom stereocenters. The predicted octanol–water partition coefficient (Wildman–Crippen LogP) is -0.422. The van der Waals surface area contributed by atoms with Gasteiger partial charge in [0, 0.05) is 0 Å². The summed E-state index contributed by atoms with van der Waals surface area (Å²) in [5.74, 6) is -3.50. The summed E-state index contributed by atoms with van der Waals surface area (Å²) < 4.78 is 29.3. The van der Waals surface area contributed by atoms with Crippen LogP contribution in [0.4, 0.5) is 0 Å². The van der Waals surface area contributed by atoms with E-state index >= 15 is 0 Å². The van der Waals surface area contributed by atoms with Crippen molar-refractivity contribution in [1.82, 2.24) is 4.72 Å². The van der Waals surface area contributed by atoms with Crippen LogP contribution in [0.1, 0.15) is 20.8 Å². The Morgan fingerprint density at radius 1 is 1.35 bits per heavy atom. The molecule has 0 aromatic carbocycles. The maximum atomic E-state index is 11.5. The number of carbonyl (C=O) groups is 2. The lowest BCUT2D eigenvalue weighted by atomic mass is 10.1. The molecule has 0 bridgehead atoms. The number of hydrogen-bond donors (Lipinski definition) is 2. The largest absolute Gasteiger partial charge is 0.480 e. The molecule has 0 saturated heterocycles. The summed E-state index contributed by atoms with van der Waals surface area (Å²) in [6.45, 7) is 4.74. The van der Waals surface area contributed by atoms with Gasteiger partial charge in [-0.15, -0.1) is 0 Å². The highest BCUT2D eigenvalue weighted by molar-refractivity contribution is 7.90. The van der Waals surface area contributed by atoms with Gasteiger partial charge in [-0.25, -0.2) is 13.1 Å². The fourth-order valence-electron chi connectivity index (χ4n) is 1.06. The average molecular weight is 267 g/mol. The van der Waals surface area contributed by atoms with Gasteiger partial charge in [0.25, 0.3) is 0 Å². The second-order valence-corrected chi connectivity index (χ2v) is 5.50. The molecule has 0 fully saturated rings. The second kappa shape index (κ2) is 6.55. The van der Waals surface area contributed by atoms with Gasteiger partial charge in [0.1, 0.15) is 6.04 Å². The lowest BCUT2D eigenvalue weighted by Crippen LogP contribution is -2.46. The van der Waals surface area contributed by atoms with Crippen molar-refractivity contribution in [1.29, 1.82) is 0 Å². The first kappa shape index (κ1) is 15.9. The molecule has 0 radical (unpaired) electrons. The lowest BCUT2D eigenvalue weighted by Gasteiger charge is -2.17. The van der Waals surface area contributed by atoms with E-state index < -0.39 is 39.7 Å². The van der Waals surface area contributed by atoms with E-state index in [4.69, 9.17) is 5.11 Å². The Labute approximate surface area is 100 Å². The molecule has 0 spiro atoms. The number of sulfonamides is 1. The highest BCUT2D eigenvalue weighted by Crippen LogP contribution is 2.04. The number of carbonyl (C=O) groups excluding carboxylic acids is 1. The molecule has 0 aliphatic rings. The number of carboxylic acids is 1. The van der Waals surface area contributed by atoms with Crippen molar-refractivity contribution >= 4 is 22.0 Å². The summed E-state index contributed by atoms with van der Waals surface area (Å²) in [7, 11) is -4.00. The van der Waals surface area contributed by atoms with Crippen LogP contribution in [0.15, 0.2) is 0 Å². The topological polar surface area (TPSA) is 110 Å². The Morgan fingerprint density at radius 3 is 2.24 bits per heavy atom. The Balaban J connectivity index is 4.63. The fraction of sp³-hybridized carbons (Fsp3) is 0.778. The van der Waals surface area contributed by atoms with Crippen LogP contribution in [0, 0.1) is 5.92 Å².